The third-order valence-corrected chi connectivity index (χ3v) is 2.32. The summed E-state index contributed by atoms with van der Waals surface area (Å²) in [6.07, 6.45) is 0. The van der Waals surface area contributed by atoms with Gasteiger partial charge in [-0.1, -0.05) is 6.07 Å². The van der Waals surface area contributed by atoms with Gasteiger partial charge in [0.2, 0.25) is 0 Å². The summed E-state index contributed by atoms with van der Waals surface area (Å²) < 4.78 is 5.33. The van der Waals surface area contributed by atoms with Gasteiger partial charge >= 0.3 is 0 Å². The Morgan fingerprint density at radius 3 is 2.93 bits per heavy atom. The zero-order valence-corrected chi connectivity index (χ0v) is 8.65. The smallest absolute Gasteiger partial charge is 0.192 e. The molecule has 78 valence electrons. The van der Waals surface area contributed by atoms with Gasteiger partial charge in [0.05, 0.1) is 6.04 Å². The van der Waals surface area contributed by atoms with Gasteiger partial charge in [-0.15, -0.1) is 0 Å². The number of aromatic nitrogens is 1. The molecule has 15 heavy (non-hydrogen) atoms. The second-order valence-electron chi connectivity index (χ2n) is 3.55. The molecule has 0 saturated heterocycles. The van der Waals surface area contributed by atoms with E-state index in [4.69, 9.17) is 10.2 Å². The topological polar surface area (TPSA) is 69.1 Å². The lowest BCUT2D eigenvalue weighted by Crippen LogP contribution is -2.18. The fourth-order valence-electron chi connectivity index (χ4n) is 1.49. The average Bonchev–Trinajstić information content (AvgIpc) is 2.55. The molecule has 1 unspecified atom stereocenters. The van der Waals surface area contributed by atoms with Crippen molar-refractivity contribution in [3.05, 3.63) is 29.7 Å². The standard InChI is InChI=1S/C11H12N2O2/c1-6(14)11(12)8-3-4-10-9(5-8)13-7(2)15-10/h3-5,11H,12H2,1-2H3. The highest BCUT2D eigenvalue weighted by Gasteiger charge is 2.12. The van der Waals surface area contributed by atoms with E-state index in [9.17, 15) is 4.79 Å². The summed E-state index contributed by atoms with van der Waals surface area (Å²) in [5.74, 6) is 0.549. The summed E-state index contributed by atoms with van der Waals surface area (Å²) in [6.45, 7) is 3.26. The van der Waals surface area contributed by atoms with Crippen molar-refractivity contribution in [2.24, 2.45) is 5.73 Å². The molecule has 2 rings (SSSR count). The minimum atomic E-state index is -0.577. The number of hydrogen-bond acceptors (Lipinski definition) is 4. The molecule has 0 aliphatic rings. The number of nitrogens with zero attached hydrogens (tertiary/aromatic N) is 1. The molecular formula is C11H12N2O2. The molecule has 0 aliphatic heterocycles. The van der Waals surface area contributed by atoms with Crippen LogP contribution < -0.4 is 5.73 Å². The van der Waals surface area contributed by atoms with E-state index >= 15 is 0 Å². The van der Waals surface area contributed by atoms with Crippen LogP contribution >= 0.6 is 0 Å². The largest absolute Gasteiger partial charge is 0.441 e. The molecule has 0 spiro atoms. The van der Waals surface area contributed by atoms with E-state index in [-0.39, 0.29) is 5.78 Å². The maximum absolute atomic E-state index is 11.1. The summed E-state index contributed by atoms with van der Waals surface area (Å²) in [6, 6.07) is 4.79. The third-order valence-electron chi connectivity index (χ3n) is 2.32. The summed E-state index contributed by atoms with van der Waals surface area (Å²) in [7, 11) is 0. The molecule has 0 saturated carbocycles. The monoisotopic (exact) mass is 204 g/mol. The fourth-order valence-corrected chi connectivity index (χ4v) is 1.49. The number of carbonyl (C=O) groups excluding carboxylic acids is 1. The van der Waals surface area contributed by atoms with Gasteiger partial charge in [0.15, 0.2) is 17.3 Å². The van der Waals surface area contributed by atoms with Crippen molar-refractivity contribution in [3.8, 4) is 0 Å². The van der Waals surface area contributed by atoms with Crippen LogP contribution in [0, 0.1) is 6.92 Å². The Labute approximate surface area is 87.1 Å². The molecule has 2 N–H and O–H groups in total. The molecule has 0 bridgehead atoms. The third kappa shape index (κ3) is 1.76. The van der Waals surface area contributed by atoms with E-state index in [0.717, 1.165) is 11.1 Å². The molecule has 0 fully saturated rings. The van der Waals surface area contributed by atoms with Crippen LogP contribution in [0.3, 0.4) is 0 Å². The summed E-state index contributed by atoms with van der Waals surface area (Å²) >= 11 is 0. The first-order valence-electron chi connectivity index (χ1n) is 4.71. The Hall–Kier alpha value is -1.68. The van der Waals surface area contributed by atoms with Gasteiger partial charge in [-0.2, -0.15) is 0 Å². The van der Waals surface area contributed by atoms with E-state index in [0.29, 0.717) is 11.5 Å². The SMILES string of the molecule is CC(=O)C(N)c1ccc2oc(C)nc2c1. The first-order chi connectivity index (χ1) is 7.08. The second kappa shape index (κ2) is 3.47. The lowest BCUT2D eigenvalue weighted by Gasteiger charge is -2.06. The highest BCUT2D eigenvalue weighted by atomic mass is 16.3. The molecule has 4 heteroatoms. The van der Waals surface area contributed by atoms with E-state index in [1.165, 1.54) is 6.92 Å². The van der Waals surface area contributed by atoms with Crippen LogP contribution in [0.5, 0.6) is 0 Å². The number of nitrogens with two attached hydrogens (primary N) is 1. The van der Waals surface area contributed by atoms with E-state index in [1.807, 2.05) is 0 Å². The number of hydrogen-bond donors (Lipinski definition) is 1. The Kier molecular flexibility index (Phi) is 2.28. The zero-order chi connectivity index (χ0) is 11.0. The average molecular weight is 204 g/mol. The maximum atomic E-state index is 11.1. The van der Waals surface area contributed by atoms with Crippen molar-refractivity contribution in [1.82, 2.24) is 4.98 Å². The van der Waals surface area contributed by atoms with Gasteiger partial charge in [-0.25, -0.2) is 4.98 Å². The summed E-state index contributed by atoms with van der Waals surface area (Å²) in [5, 5.41) is 0. The van der Waals surface area contributed by atoms with Crippen molar-refractivity contribution in [1.29, 1.82) is 0 Å². The maximum Gasteiger partial charge on any atom is 0.192 e. The van der Waals surface area contributed by atoms with Crippen molar-refractivity contribution >= 4 is 16.9 Å². The molecule has 1 aromatic carbocycles. The highest BCUT2D eigenvalue weighted by Crippen LogP contribution is 2.20. The lowest BCUT2D eigenvalue weighted by atomic mass is 10.0. The molecule has 0 aliphatic carbocycles. The number of carbonyl (C=O) groups is 1. The van der Waals surface area contributed by atoms with Gasteiger partial charge in [-0.3, -0.25) is 4.79 Å². The first-order valence-corrected chi connectivity index (χ1v) is 4.71. The number of rotatable bonds is 2. The fraction of sp³-hybridized carbons (Fsp3) is 0.273. The Morgan fingerprint density at radius 1 is 1.53 bits per heavy atom. The molecule has 0 radical (unpaired) electrons. The number of aryl methyl sites for hydroxylation is 1. The highest BCUT2D eigenvalue weighted by molar-refractivity contribution is 5.84. The van der Waals surface area contributed by atoms with Crippen LogP contribution in [-0.2, 0) is 4.79 Å². The molecule has 1 aromatic heterocycles. The minimum absolute atomic E-state index is 0.0606. The lowest BCUT2D eigenvalue weighted by molar-refractivity contribution is -0.118. The number of Topliss-reactive ketones (excluding diaryl/α,β-unsaturated/α-hetero) is 1. The van der Waals surface area contributed by atoms with Crippen LogP contribution in [0.15, 0.2) is 22.6 Å². The van der Waals surface area contributed by atoms with E-state index in [2.05, 4.69) is 4.98 Å². The van der Waals surface area contributed by atoms with Crippen LogP contribution in [0.1, 0.15) is 24.4 Å². The molecular weight excluding hydrogens is 192 g/mol. The predicted octanol–water partition coefficient (Wildman–Crippen LogP) is 1.73. The quantitative estimate of drug-likeness (QED) is 0.808. The summed E-state index contributed by atoms with van der Waals surface area (Å²) in [5.41, 5.74) is 7.95. The van der Waals surface area contributed by atoms with Crippen LogP contribution in [-0.4, -0.2) is 10.8 Å². The second-order valence-corrected chi connectivity index (χ2v) is 3.55. The Morgan fingerprint density at radius 2 is 2.27 bits per heavy atom. The number of oxazole rings is 1. The van der Waals surface area contributed by atoms with Gasteiger partial charge in [0.1, 0.15) is 5.52 Å². The van der Waals surface area contributed by atoms with Crippen LogP contribution in [0.4, 0.5) is 0 Å². The first kappa shape index (κ1) is 9.86. The van der Waals surface area contributed by atoms with Crippen molar-refractivity contribution < 1.29 is 9.21 Å². The zero-order valence-electron chi connectivity index (χ0n) is 8.65. The van der Waals surface area contributed by atoms with Crippen LogP contribution in [0.2, 0.25) is 0 Å². The molecule has 1 atom stereocenters. The Bertz CT molecular complexity index is 516. The normalized spacial score (nSPS) is 13.0. The van der Waals surface area contributed by atoms with Crippen molar-refractivity contribution in [3.63, 3.8) is 0 Å². The van der Waals surface area contributed by atoms with E-state index < -0.39 is 6.04 Å². The van der Waals surface area contributed by atoms with Crippen molar-refractivity contribution in [2.75, 3.05) is 0 Å². The van der Waals surface area contributed by atoms with Gasteiger partial charge in [-0.05, 0) is 24.6 Å². The Balaban J connectivity index is 2.50. The van der Waals surface area contributed by atoms with E-state index in [1.54, 1.807) is 25.1 Å². The number of benzene rings is 1. The van der Waals surface area contributed by atoms with Crippen molar-refractivity contribution in [2.45, 2.75) is 19.9 Å². The van der Waals surface area contributed by atoms with Gasteiger partial charge in [0.25, 0.3) is 0 Å². The molecule has 0 amide bonds. The summed E-state index contributed by atoms with van der Waals surface area (Å²) in [4.78, 5) is 15.3. The minimum Gasteiger partial charge on any atom is -0.441 e. The predicted molar refractivity (Wildman–Crippen MR) is 56.4 cm³/mol. The molecule has 1 heterocycles. The molecule has 2 aromatic rings. The van der Waals surface area contributed by atoms with Gasteiger partial charge in [0, 0.05) is 6.92 Å². The number of ketones is 1. The molecule has 4 nitrogen and oxygen atoms in total. The van der Waals surface area contributed by atoms with Crippen LogP contribution in [0.25, 0.3) is 11.1 Å². The number of fused-ring (bicyclic) bond motifs is 1. The van der Waals surface area contributed by atoms with Gasteiger partial charge < -0.3 is 10.2 Å².